The molecular weight excluding hydrogens is 794 g/mol. The van der Waals surface area contributed by atoms with Crippen molar-refractivity contribution in [3.8, 4) is 69.2 Å². The molecule has 0 aliphatic carbocycles. The molecule has 290 valence electrons. The zero-order valence-electron chi connectivity index (χ0n) is 35.5. The van der Waals surface area contributed by atoms with E-state index in [0.717, 1.165) is 100 Å². The first kappa shape index (κ1) is 41.0. The van der Waals surface area contributed by atoms with Crippen molar-refractivity contribution in [3.05, 3.63) is 166 Å². The van der Waals surface area contributed by atoms with Gasteiger partial charge in [0.25, 0.3) is 0 Å². The van der Waals surface area contributed by atoms with Crippen LogP contribution in [0.4, 0.5) is 0 Å². The summed E-state index contributed by atoms with van der Waals surface area (Å²) >= 11 is 0. The van der Waals surface area contributed by atoms with Gasteiger partial charge in [-0.1, -0.05) is 150 Å². The Morgan fingerprint density at radius 2 is 0.623 bits per heavy atom. The summed E-state index contributed by atoms with van der Waals surface area (Å²) in [6.07, 6.45) is 19.9. The Morgan fingerprint density at radius 1 is 0.377 bits per heavy atom. The van der Waals surface area contributed by atoms with Crippen LogP contribution in [0.1, 0.15) is 86.6 Å². The van der Waals surface area contributed by atoms with E-state index in [9.17, 15) is 0 Å². The summed E-state index contributed by atoms with van der Waals surface area (Å²) in [6, 6.07) is 42.0. The minimum absolute atomic E-state index is 0. The van der Waals surface area contributed by atoms with E-state index in [1.165, 1.54) is 11.1 Å². The molecule has 5 heterocycles. The smallest absolute Gasteiger partial charge is 0.657 e. The third kappa shape index (κ3) is 7.87. The summed E-state index contributed by atoms with van der Waals surface area (Å²) in [5.41, 5.74) is 18.3. The second-order valence-corrected chi connectivity index (χ2v) is 17.5. The fourth-order valence-corrected chi connectivity index (χ4v) is 8.01. The second kappa shape index (κ2) is 16.0. The summed E-state index contributed by atoms with van der Waals surface area (Å²) in [5.74, 6) is 5.51. The number of aromatic nitrogens is 4. The minimum Gasteiger partial charge on any atom is -0.657 e. The number of hydrogen-bond acceptors (Lipinski definition) is 2. The van der Waals surface area contributed by atoms with Gasteiger partial charge in [-0.2, -0.15) is 0 Å². The molecule has 8 bridgehead atoms. The van der Waals surface area contributed by atoms with E-state index in [1.807, 2.05) is 48.5 Å². The molecule has 0 radical (unpaired) electrons. The van der Waals surface area contributed by atoms with Crippen molar-refractivity contribution < 1.29 is 19.5 Å². The molecule has 9 rings (SSSR count). The van der Waals surface area contributed by atoms with Crippen molar-refractivity contribution >= 4 is 46.4 Å². The van der Waals surface area contributed by atoms with Crippen LogP contribution in [-0.4, -0.2) is 9.97 Å². The maximum Gasteiger partial charge on any atom is 2.00 e. The molecule has 0 fully saturated rings. The van der Waals surface area contributed by atoms with Crippen LogP contribution in [0.5, 0.6) is 0 Å². The van der Waals surface area contributed by atoms with Crippen LogP contribution in [0, 0.1) is 24.7 Å². The monoisotopic (exact) mass is 836 g/mol. The molecule has 0 N–H and O–H groups in total. The Balaban J connectivity index is 0.00000514. The summed E-state index contributed by atoms with van der Waals surface area (Å²) in [6.45, 7) is 13.4. The maximum absolute atomic E-state index is 5.79. The summed E-state index contributed by atoms with van der Waals surface area (Å²) < 4.78 is 0. The molecule has 7 aromatic rings. The Labute approximate surface area is 371 Å². The van der Waals surface area contributed by atoms with Gasteiger partial charge in [0.1, 0.15) is 0 Å². The fourth-order valence-electron chi connectivity index (χ4n) is 8.01. The number of hydrogen-bond donors (Lipinski definition) is 0. The Hall–Kier alpha value is -6.78. The van der Waals surface area contributed by atoms with E-state index in [0.29, 0.717) is 0 Å². The third-order valence-corrected chi connectivity index (χ3v) is 11.4. The maximum atomic E-state index is 5.79. The first-order valence-electron chi connectivity index (χ1n) is 20.3. The van der Waals surface area contributed by atoms with Gasteiger partial charge in [-0.15, -0.1) is 34.9 Å². The molecule has 5 heteroatoms. The molecule has 3 aromatic heterocycles. The number of rotatable bonds is 4. The van der Waals surface area contributed by atoms with Gasteiger partial charge in [-0.25, -0.2) is 9.97 Å². The van der Waals surface area contributed by atoms with Crippen molar-refractivity contribution in [1.82, 2.24) is 19.9 Å². The minimum atomic E-state index is 0. The fraction of sp³-hybridized carbons (Fsp3) is 0.143. The molecule has 4 nitrogen and oxygen atoms in total. The molecule has 0 unspecified atom stereocenters. The molecule has 2 aliphatic heterocycles. The van der Waals surface area contributed by atoms with E-state index in [4.69, 9.17) is 32.8 Å². The van der Waals surface area contributed by atoms with Crippen molar-refractivity contribution in [2.75, 3.05) is 0 Å². The molecule has 2 aliphatic rings. The zero-order chi connectivity index (χ0) is 41.8. The molecule has 0 saturated carbocycles. The second-order valence-electron chi connectivity index (χ2n) is 17.5. The predicted octanol–water partition coefficient (Wildman–Crippen LogP) is 13.1. The summed E-state index contributed by atoms with van der Waals surface area (Å²) in [7, 11) is 0. The van der Waals surface area contributed by atoms with E-state index in [2.05, 4.69) is 150 Å². The van der Waals surface area contributed by atoms with Crippen LogP contribution < -0.4 is 9.97 Å². The third-order valence-electron chi connectivity index (χ3n) is 11.4. The van der Waals surface area contributed by atoms with Crippen LogP contribution in [0.25, 0.3) is 90.9 Å². The SMILES string of the molecule is C#Cc1ccc(-c2c3nc(c(-c4ccc(C#C)cc4)c4ccc([n-]4)c(-c4ccc(C(C)(C)C)cc4)c4nc(c(-c5ccc(C(C)(C)C)cc5)c5ccc2[n-]5)C=C4)C=C3)cc1.[Zn+2]. The van der Waals surface area contributed by atoms with Gasteiger partial charge in [0.2, 0.25) is 0 Å². The van der Waals surface area contributed by atoms with Gasteiger partial charge in [-0.05, 0) is 115 Å². The molecule has 0 atom stereocenters. The largest absolute Gasteiger partial charge is 2.00 e. The normalized spacial score (nSPS) is 12.1. The Bertz CT molecular complexity index is 2920. The van der Waals surface area contributed by atoms with Crippen LogP contribution in [-0.2, 0) is 30.3 Å². The first-order chi connectivity index (χ1) is 28.9. The van der Waals surface area contributed by atoms with Crippen molar-refractivity contribution in [2.24, 2.45) is 0 Å². The van der Waals surface area contributed by atoms with Crippen molar-refractivity contribution in [2.45, 2.75) is 52.4 Å². The first-order valence-corrected chi connectivity index (χ1v) is 20.3. The van der Waals surface area contributed by atoms with E-state index >= 15 is 0 Å². The molecule has 61 heavy (non-hydrogen) atoms. The van der Waals surface area contributed by atoms with Crippen LogP contribution in [0.2, 0.25) is 0 Å². The Morgan fingerprint density at radius 3 is 0.852 bits per heavy atom. The van der Waals surface area contributed by atoms with Crippen molar-refractivity contribution in [1.29, 1.82) is 0 Å². The number of fused-ring (bicyclic) bond motifs is 8. The van der Waals surface area contributed by atoms with E-state index < -0.39 is 0 Å². The van der Waals surface area contributed by atoms with Gasteiger partial charge < -0.3 is 9.97 Å². The molecule has 0 amide bonds. The molecule has 4 aromatic carbocycles. The average molecular weight is 838 g/mol. The summed E-state index contributed by atoms with van der Waals surface area (Å²) in [5, 5.41) is 0. The molecule has 0 saturated heterocycles. The number of nitrogens with zero attached hydrogens (tertiary/aromatic N) is 4. The number of benzene rings is 4. The predicted molar refractivity (Wildman–Crippen MR) is 252 cm³/mol. The van der Waals surface area contributed by atoms with Crippen LogP contribution in [0.15, 0.2) is 121 Å². The van der Waals surface area contributed by atoms with Gasteiger partial charge in [-0.3, -0.25) is 0 Å². The van der Waals surface area contributed by atoms with Gasteiger partial charge in [0.15, 0.2) is 0 Å². The van der Waals surface area contributed by atoms with Crippen LogP contribution in [0.3, 0.4) is 0 Å². The quantitative estimate of drug-likeness (QED) is 0.131. The van der Waals surface area contributed by atoms with Gasteiger partial charge in [0.05, 0.1) is 22.8 Å². The van der Waals surface area contributed by atoms with Gasteiger partial charge in [0, 0.05) is 11.1 Å². The molecule has 0 spiro atoms. The van der Waals surface area contributed by atoms with Crippen molar-refractivity contribution in [3.63, 3.8) is 0 Å². The van der Waals surface area contributed by atoms with E-state index in [1.54, 1.807) is 0 Å². The topological polar surface area (TPSA) is 54.0 Å². The Kier molecular flexibility index (Phi) is 10.8. The number of terminal acetylenes is 2. The zero-order valence-corrected chi connectivity index (χ0v) is 38.5. The average Bonchev–Trinajstić information content (AvgIpc) is 4.09. The summed E-state index contributed by atoms with van der Waals surface area (Å²) in [4.78, 5) is 21.7. The van der Waals surface area contributed by atoms with Gasteiger partial charge >= 0.3 is 19.5 Å². The molecular formula is C56H44N4Zn. The van der Waals surface area contributed by atoms with Crippen LogP contribution >= 0.6 is 0 Å². The van der Waals surface area contributed by atoms with E-state index in [-0.39, 0.29) is 30.3 Å². The standard InChI is InChI=1S/C56H44N4.Zn/c1-9-35-11-15-37(16-12-35)51-43-27-28-44(57-43)52(38-17-13-36(10-2)14-18-38)46-30-32-48(59-46)54(40-21-25-42(26-22-40)56(6,7)8)50-34-33-49(60-50)53(47-31-29-45(51)58-47)39-19-23-41(24-20-39)55(3,4)5;/h1-2,11-34H,3-8H3;/q-2;+2.